The van der Waals surface area contributed by atoms with Crippen molar-refractivity contribution in [1.29, 1.82) is 0 Å². The van der Waals surface area contributed by atoms with Gasteiger partial charge in [-0.1, -0.05) is 5.16 Å². The second kappa shape index (κ2) is 5.74. The Labute approximate surface area is 116 Å². The molecule has 8 heteroatoms. The predicted octanol–water partition coefficient (Wildman–Crippen LogP) is 2.87. The minimum Gasteiger partial charge on any atom is -0.411 e. The van der Waals surface area contributed by atoms with Gasteiger partial charge in [-0.05, 0) is 25.1 Å². The Bertz CT molecular complexity index is 685. The van der Waals surface area contributed by atoms with E-state index in [1.165, 1.54) is 6.07 Å². The lowest BCUT2D eigenvalue weighted by molar-refractivity contribution is 0.102. The van der Waals surface area contributed by atoms with Crippen LogP contribution in [0.4, 0.5) is 13.9 Å². The molecule has 0 saturated heterocycles. The molecule has 0 aliphatic rings. The number of benzene rings is 1. The van der Waals surface area contributed by atoms with Gasteiger partial charge in [0.2, 0.25) is 0 Å². The molecule has 2 aromatic rings. The molecule has 104 valence electrons. The Balaban J connectivity index is 2.15. The summed E-state index contributed by atoms with van der Waals surface area (Å²) in [5, 5.41) is 15.9. The molecule has 1 amide bonds. The number of aromatic nitrogens is 1. The summed E-state index contributed by atoms with van der Waals surface area (Å²) in [6.07, 6.45) is 0. The number of thiazole rings is 1. The molecule has 0 aliphatic carbocycles. The first-order valence-electron chi connectivity index (χ1n) is 5.42. The maximum absolute atomic E-state index is 13.0. The minimum absolute atomic E-state index is 0.0202. The Morgan fingerprint density at radius 3 is 2.80 bits per heavy atom. The molecule has 0 fully saturated rings. The maximum atomic E-state index is 13.0. The second-order valence-electron chi connectivity index (χ2n) is 3.81. The molecule has 0 spiro atoms. The Morgan fingerprint density at radius 2 is 2.15 bits per heavy atom. The first-order chi connectivity index (χ1) is 9.51. The molecular formula is C12H9F2N3O2S. The quantitative estimate of drug-likeness (QED) is 0.519. The fourth-order valence-corrected chi connectivity index (χ4v) is 2.10. The van der Waals surface area contributed by atoms with Crippen molar-refractivity contribution >= 4 is 28.1 Å². The highest BCUT2D eigenvalue weighted by Crippen LogP contribution is 2.17. The minimum atomic E-state index is -1.10. The molecule has 0 radical (unpaired) electrons. The normalized spacial score (nSPS) is 11.4. The van der Waals surface area contributed by atoms with Crippen LogP contribution in [0.5, 0.6) is 0 Å². The molecule has 1 aromatic heterocycles. The highest BCUT2D eigenvalue weighted by atomic mass is 32.1. The fraction of sp³-hybridized carbons (Fsp3) is 0.0833. The van der Waals surface area contributed by atoms with Crippen molar-refractivity contribution < 1.29 is 18.8 Å². The number of nitrogens with zero attached hydrogens (tertiary/aromatic N) is 2. The smallest absolute Gasteiger partial charge is 0.257 e. The largest absolute Gasteiger partial charge is 0.411 e. The van der Waals surface area contributed by atoms with Crippen molar-refractivity contribution in [3.05, 3.63) is 46.5 Å². The van der Waals surface area contributed by atoms with Gasteiger partial charge >= 0.3 is 0 Å². The zero-order valence-electron chi connectivity index (χ0n) is 10.2. The molecule has 2 rings (SSSR count). The van der Waals surface area contributed by atoms with Gasteiger partial charge in [0.05, 0.1) is 0 Å². The van der Waals surface area contributed by atoms with Crippen LogP contribution in [0.15, 0.2) is 28.7 Å². The van der Waals surface area contributed by atoms with Gasteiger partial charge in [-0.25, -0.2) is 13.8 Å². The first-order valence-corrected chi connectivity index (χ1v) is 6.30. The molecule has 2 N–H and O–H groups in total. The van der Waals surface area contributed by atoms with Crippen molar-refractivity contribution in [3.63, 3.8) is 0 Å². The molecule has 5 nitrogen and oxygen atoms in total. The molecule has 20 heavy (non-hydrogen) atoms. The summed E-state index contributed by atoms with van der Waals surface area (Å²) >= 11 is 1.12. The number of anilines is 1. The third-order valence-electron chi connectivity index (χ3n) is 2.43. The standard InChI is InChI=1S/C12H9F2N3O2S/c1-6(17-19)10-5-20-12(15-10)16-11(18)7-2-3-8(13)9(14)4-7/h2-5,19H,1H3,(H,15,16,18). The van der Waals surface area contributed by atoms with Crippen LogP contribution < -0.4 is 5.32 Å². The van der Waals surface area contributed by atoms with E-state index in [-0.39, 0.29) is 10.7 Å². The van der Waals surface area contributed by atoms with Gasteiger partial charge in [-0.15, -0.1) is 11.3 Å². The molecule has 0 bridgehead atoms. The summed E-state index contributed by atoms with van der Waals surface area (Å²) in [7, 11) is 0. The van der Waals surface area contributed by atoms with E-state index in [2.05, 4.69) is 15.5 Å². The lowest BCUT2D eigenvalue weighted by atomic mass is 10.2. The molecular weight excluding hydrogens is 288 g/mol. The zero-order valence-corrected chi connectivity index (χ0v) is 11.0. The fourth-order valence-electron chi connectivity index (χ4n) is 1.36. The molecule has 0 unspecified atom stereocenters. The number of hydrogen-bond donors (Lipinski definition) is 2. The van der Waals surface area contributed by atoms with E-state index in [4.69, 9.17) is 5.21 Å². The third-order valence-corrected chi connectivity index (χ3v) is 3.18. The Hall–Kier alpha value is -2.35. The molecule has 1 heterocycles. The zero-order chi connectivity index (χ0) is 14.7. The van der Waals surface area contributed by atoms with Gasteiger partial charge in [-0.3, -0.25) is 10.1 Å². The third kappa shape index (κ3) is 2.97. The lowest BCUT2D eigenvalue weighted by Crippen LogP contribution is -2.12. The van der Waals surface area contributed by atoms with Gasteiger partial charge in [0.25, 0.3) is 5.91 Å². The molecule has 0 atom stereocenters. The van der Waals surface area contributed by atoms with E-state index in [1.54, 1.807) is 12.3 Å². The number of nitrogens with one attached hydrogen (secondary N) is 1. The van der Waals surface area contributed by atoms with Crippen LogP contribution in [0.25, 0.3) is 0 Å². The Morgan fingerprint density at radius 1 is 1.40 bits per heavy atom. The number of hydrogen-bond acceptors (Lipinski definition) is 5. The first kappa shape index (κ1) is 14.1. The van der Waals surface area contributed by atoms with Crippen molar-refractivity contribution in [3.8, 4) is 0 Å². The van der Waals surface area contributed by atoms with E-state index >= 15 is 0 Å². The van der Waals surface area contributed by atoms with E-state index in [0.717, 1.165) is 23.5 Å². The highest BCUT2D eigenvalue weighted by Gasteiger charge is 2.12. The van der Waals surface area contributed by atoms with Gasteiger partial charge in [0.1, 0.15) is 11.4 Å². The maximum Gasteiger partial charge on any atom is 0.257 e. The summed E-state index contributed by atoms with van der Waals surface area (Å²) in [5.74, 6) is -2.73. The van der Waals surface area contributed by atoms with Crippen LogP contribution in [0.1, 0.15) is 23.0 Å². The topological polar surface area (TPSA) is 74.6 Å². The van der Waals surface area contributed by atoms with Crippen LogP contribution in [0.3, 0.4) is 0 Å². The van der Waals surface area contributed by atoms with E-state index < -0.39 is 17.5 Å². The highest BCUT2D eigenvalue weighted by molar-refractivity contribution is 7.14. The number of rotatable bonds is 3. The summed E-state index contributed by atoms with van der Waals surface area (Å²) in [5.41, 5.74) is 0.695. The van der Waals surface area contributed by atoms with Gasteiger partial charge in [0, 0.05) is 10.9 Å². The van der Waals surface area contributed by atoms with Crippen LogP contribution in [-0.4, -0.2) is 21.8 Å². The summed E-state index contributed by atoms with van der Waals surface area (Å²) in [6, 6.07) is 2.85. The van der Waals surface area contributed by atoms with E-state index in [9.17, 15) is 13.6 Å². The number of halogens is 2. The van der Waals surface area contributed by atoms with Gasteiger partial charge < -0.3 is 5.21 Å². The summed E-state index contributed by atoms with van der Waals surface area (Å²) in [6.45, 7) is 1.55. The Kier molecular flexibility index (Phi) is 4.04. The van der Waals surface area contributed by atoms with Crippen LogP contribution in [-0.2, 0) is 0 Å². The summed E-state index contributed by atoms with van der Waals surface area (Å²) < 4.78 is 25.8. The second-order valence-corrected chi connectivity index (χ2v) is 4.66. The number of carbonyl (C=O) groups excluding carboxylic acids is 1. The van der Waals surface area contributed by atoms with Crippen molar-refractivity contribution in [2.24, 2.45) is 5.16 Å². The van der Waals surface area contributed by atoms with Gasteiger partial charge in [-0.2, -0.15) is 0 Å². The number of amides is 1. The van der Waals surface area contributed by atoms with E-state index in [1.807, 2.05) is 0 Å². The summed E-state index contributed by atoms with van der Waals surface area (Å²) in [4.78, 5) is 15.8. The average Bonchev–Trinajstić information content (AvgIpc) is 2.89. The monoisotopic (exact) mass is 297 g/mol. The van der Waals surface area contributed by atoms with Crippen molar-refractivity contribution in [2.45, 2.75) is 6.92 Å². The number of oxime groups is 1. The van der Waals surface area contributed by atoms with Crippen LogP contribution in [0, 0.1) is 11.6 Å². The van der Waals surface area contributed by atoms with Crippen LogP contribution in [0.2, 0.25) is 0 Å². The SMILES string of the molecule is CC(=NO)c1csc(NC(=O)c2ccc(F)c(F)c2)n1. The molecule has 0 aliphatic heterocycles. The van der Waals surface area contributed by atoms with E-state index in [0.29, 0.717) is 11.4 Å². The molecule has 1 aromatic carbocycles. The molecule has 0 saturated carbocycles. The lowest BCUT2D eigenvalue weighted by Gasteiger charge is -2.02. The average molecular weight is 297 g/mol. The van der Waals surface area contributed by atoms with Crippen molar-refractivity contribution in [1.82, 2.24) is 4.98 Å². The van der Waals surface area contributed by atoms with Gasteiger partial charge in [0.15, 0.2) is 16.8 Å². The predicted molar refractivity (Wildman–Crippen MR) is 70.4 cm³/mol. The number of carbonyl (C=O) groups is 1. The van der Waals surface area contributed by atoms with Crippen LogP contribution >= 0.6 is 11.3 Å². The van der Waals surface area contributed by atoms with Crippen molar-refractivity contribution in [2.75, 3.05) is 5.32 Å².